The first-order chi connectivity index (χ1) is 12.7. The van der Waals surface area contributed by atoms with Crippen LogP contribution in [0.25, 0.3) is 0 Å². The van der Waals surface area contributed by atoms with Crippen LogP contribution >= 0.6 is 0 Å². The van der Waals surface area contributed by atoms with Gasteiger partial charge in [0.1, 0.15) is 0 Å². The number of nitro benzene ring substituents is 1. The molecule has 2 N–H and O–H groups in total. The molecule has 1 unspecified atom stereocenters. The van der Waals surface area contributed by atoms with Crippen LogP contribution < -0.4 is 10.0 Å². The third kappa shape index (κ3) is 5.22. The molecule has 142 valence electrons. The minimum absolute atomic E-state index is 0.0417. The van der Waals surface area contributed by atoms with Gasteiger partial charge in [-0.2, -0.15) is 0 Å². The maximum absolute atomic E-state index is 12.5. The Morgan fingerprint density at radius 3 is 2.63 bits per heavy atom. The fourth-order valence-electron chi connectivity index (χ4n) is 2.33. The van der Waals surface area contributed by atoms with Crippen molar-refractivity contribution in [2.75, 3.05) is 6.54 Å². The van der Waals surface area contributed by atoms with Gasteiger partial charge >= 0.3 is 0 Å². The first-order valence-electron chi connectivity index (χ1n) is 8.00. The molecule has 0 fully saturated rings. The SMILES string of the molecule is C=CCNS(=O)(=O)c1cccc(C(=O)NC(C)c2cccc([N+](=O)[O-])c2)c1. The molecule has 0 bridgehead atoms. The van der Waals surface area contributed by atoms with Gasteiger partial charge in [-0.25, -0.2) is 13.1 Å². The molecule has 0 aliphatic carbocycles. The lowest BCUT2D eigenvalue weighted by Gasteiger charge is -2.15. The Balaban J connectivity index is 2.18. The molecule has 0 radical (unpaired) electrons. The molecule has 9 heteroatoms. The predicted octanol–water partition coefficient (Wildman–Crippen LogP) is 2.55. The second-order valence-corrected chi connectivity index (χ2v) is 7.48. The quantitative estimate of drug-likeness (QED) is 0.409. The van der Waals surface area contributed by atoms with Gasteiger partial charge in [-0.1, -0.05) is 24.3 Å². The molecular formula is C18H19N3O5S. The summed E-state index contributed by atoms with van der Waals surface area (Å²) in [5, 5.41) is 13.6. The van der Waals surface area contributed by atoms with E-state index in [2.05, 4.69) is 16.6 Å². The lowest BCUT2D eigenvalue weighted by Crippen LogP contribution is -2.27. The Bertz CT molecular complexity index is 972. The first-order valence-corrected chi connectivity index (χ1v) is 9.49. The van der Waals surface area contributed by atoms with E-state index in [1.165, 1.54) is 48.5 Å². The number of hydrogen-bond acceptors (Lipinski definition) is 5. The van der Waals surface area contributed by atoms with E-state index >= 15 is 0 Å². The van der Waals surface area contributed by atoms with E-state index in [4.69, 9.17) is 0 Å². The summed E-state index contributed by atoms with van der Waals surface area (Å²) in [5.74, 6) is -0.491. The van der Waals surface area contributed by atoms with Crippen LogP contribution in [-0.4, -0.2) is 25.8 Å². The van der Waals surface area contributed by atoms with Crippen LogP contribution in [0.5, 0.6) is 0 Å². The van der Waals surface area contributed by atoms with Crippen molar-refractivity contribution >= 4 is 21.6 Å². The van der Waals surface area contributed by atoms with E-state index in [0.717, 1.165) is 0 Å². The van der Waals surface area contributed by atoms with Crippen molar-refractivity contribution in [1.29, 1.82) is 0 Å². The third-order valence-corrected chi connectivity index (χ3v) is 5.17. The van der Waals surface area contributed by atoms with Gasteiger partial charge < -0.3 is 5.32 Å². The summed E-state index contributed by atoms with van der Waals surface area (Å²) in [4.78, 5) is 22.8. The largest absolute Gasteiger partial charge is 0.346 e. The van der Waals surface area contributed by atoms with Crippen LogP contribution in [0, 0.1) is 10.1 Å². The van der Waals surface area contributed by atoms with E-state index in [1.807, 2.05) is 0 Å². The molecule has 1 amide bonds. The fraction of sp³-hybridized carbons (Fsp3) is 0.167. The summed E-state index contributed by atoms with van der Waals surface area (Å²) in [5.41, 5.74) is 0.651. The van der Waals surface area contributed by atoms with Crippen molar-refractivity contribution in [2.45, 2.75) is 17.9 Å². The van der Waals surface area contributed by atoms with Crippen LogP contribution in [0.4, 0.5) is 5.69 Å². The number of nitrogens with zero attached hydrogens (tertiary/aromatic N) is 1. The number of rotatable bonds is 8. The highest BCUT2D eigenvalue weighted by Gasteiger charge is 2.18. The minimum atomic E-state index is -3.75. The molecule has 27 heavy (non-hydrogen) atoms. The summed E-state index contributed by atoms with van der Waals surface area (Å²) in [7, 11) is -3.75. The third-order valence-electron chi connectivity index (χ3n) is 3.75. The highest BCUT2D eigenvalue weighted by Crippen LogP contribution is 2.20. The van der Waals surface area contributed by atoms with Crippen molar-refractivity contribution in [3.8, 4) is 0 Å². The molecule has 0 heterocycles. The van der Waals surface area contributed by atoms with Gasteiger partial charge in [-0.05, 0) is 30.7 Å². The molecule has 0 aliphatic rings. The first kappa shape index (κ1) is 20.3. The number of non-ortho nitro benzene ring substituents is 1. The summed E-state index contributed by atoms with van der Waals surface area (Å²) < 4.78 is 26.6. The Hall–Kier alpha value is -3.04. The lowest BCUT2D eigenvalue weighted by atomic mass is 10.1. The van der Waals surface area contributed by atoms with Gasteiger partial charge in [-0.15, -0.1) is 6.58 Å². The number of nitro groups is 1. The van der Waals surface area contributed by atoms with E-state index < -0.39 is 26.9 Å². The van der Waals surface area contributed by atoms with E-state index in [9.17, 15) is 23.3 Å². The average Bonchev–Trinajstić information content (AvgIpc) is 2.66. The molecule has 0 saturated carbocycles. The Morgan fingerprint density at radius 2 is 1.96 bits per heavy atom. The van der Waals surface area contributed by atoms with E-state index in [-0.39, 0.29) is 22.7 Å². The van der Waals surface area contributed by atoms with Crippen molar-refractivity contribution < 1.29 is 18.1 Å². The number of hydrogen-bond donors (Lipinski definition) is 2. The second kappa shape index (κ2) is 8.56. The highest BCUT2D eigenvalue weighted by molar-refractivity contribution is 7.89. The Kier molecular flexibility index (Phi) is 6.43. The molecule has 2 aromatic carbocycles. The molecule has 2 aromatic rings. The smallest absolute Gasteiger partial charge is 0.269 e. The van der Waals surface area contributed by atoms with Crippen LogP contribution in [-0.2, 0) is 10.0 Å². The maximum atomic E-state index is 12.5. The predicted molar refractivity (Wildman–Crippen MR) is 101 cm³/mol. The summed E-state index contributed by atoms with van der Waals surface area (Å²) in [6.45, 7) is 5.20. The second-order valence-electron chi connectivity index (χ2n) is 5.72. The monoisotopic (exact) mass is 389 g/mol. The van der Waals surface area contributed by atoms with Crippen LogP contribution in [0.2, 0.25) is 0 Å². The van der Waals surface area contributed by atoms with Crippen molar-refractivity contribution in [2.24, 2.45) is 0 Å². The van der Waals surface area contributed by atoms with Gasteiger partial charge in [0.2, 0.25) is 10.0 Å². The zero-order valence-corrected chi connectivity index (χ0v) is 15.4. The molecule has 0 aliphatic heterocycles. The van der Waals surface area contributed by atoms with Gasteiger partial charge in [0.05, 0.1) is 15.9 Å². The zero-order chi connectivity index (χ0) is 20.0. The van der Waals surface area contributed by atoms with Crippen LogP contribution in [0.3, 0.4) is 0 Å². The number of benzene rings is 2. The van der Waals surface area contributed by atoms with Crippen LogP contribution in [0.15, 0.2) is 66.1 Å². The standard InChI is InChI=1S/C18H19N3O5S/c1-3-10-19-27(25,26)17-9-5-7-15(12-17)18(22)20-13(2)14-6-4-8-16(11-14)21(23)24/h3-9,11-13,19H,1,10H2,2H3,(H,20,22). The number of carbonyl (C=O) groups is 1. The number of nitrogens with one attached hydrogen (secondary N) is 2. The number of sulfonamides is 1. The van der Waals surface area contributed by atoms with E-state index in [0.29, 0.717) is 5.56 Å². The van der Waals surface area contributed by atoms with Gasteiger partial charge in [0.15, 0.2) is 0 Å². The molecule has 0 spiro atoms. The van der Waals surface area contributed by atoms with Crippen LogP contribution in [0.1, 0.15) is 28.9 Å². The Morgan fingerprint density at radius 1 is 1.26 bits per heavy atom. The molecule has 8 nitrogen and oxygen atoms in total. The lowest BCUT2D eigenvalue weighted by molar-refractivity contribution is -0.384. The summed E-state index contributed by atoms with van der Waals surface area (Å²) in [6, 6.07) is 11.0. The van der Waals surface area contributed by atoms with Crippen molar-refractivity contribution in [3.05, 3.63) is 82.4 Å². The molecule has 1 atom stereocenters. The Labute approximate surface area is 157 Å². The fourth-order valence-corrected chi connectivity index (χ4v) is 3.37. The maximum Gasteiger partial charge on any atom is 0.269 e. The van der Waals surface area contributed by atoms with Crippen molar-refractivity contribution in [1.82, 2.24) is 10.0 Å². The van der Waals surface area contributed by atoms with Gasteiger partial charge in [-0.3, -0.25) is 14.9 Å². The minimum Gasteiger partial charge on any atom is -0.346 e. The number of amides is 1. The molecule has 0 saturated heterocycles. The normalized spacial score (nSPS) is 12.2. The van der Waals surface area contributed by atoms with E-state index in [1.54, 1.807) is 13.0 Å². The average molecular weight is 389 g/mol. The number of carbonyl (C=O) groups excluding carboxylic acids is 1. The molecule has 2 rings (SSSR count). The summed E-state index contributed by atoms with van der Waals surface area (Å²) >= 11 is 0. The summed E-state index contributed by atoms with van der Waals surface area (Å²) in [6.07, 6.45) is 1.41. The van der Waals surface area contributed by atoms with Crippen molar-refractivity contribution in [3.63, 3.8) is 0 Å². The topological polar surface area (TPSA) is 118 Å². The van der Waals surface area contributed by atoms with Gasteiger partial charge in [0.25, 0.3) is 11.6 Å². The highest BCUT2D eigenvalue weighted by atomic mass is 32.2. The molecular weight excluding hydrogens is 370 g/mol. The van der Waals surface area contributed by atoms with Gasteiger partial charge in [0, 0.05) is 24.2 Å². The zero-order valence-electron chi connectivity index (χ0n) is 14.6. The molecule has 0 aromatic heterocycles.